The molecule has 0 amide bonds. The Morgan fingerprint density at radius 1 is 1.09 bits per heavy atom. The summed E-state index contributed by atoms with van der Waals surface area (Å²) in [4.78, 5) is 8.64. The van der Waals surface area contributed by atoms with Gasteiger partial charge in [-0.05, 0) is 36.4 Å². The minimum atomic E-state index is 0.480. The number of terminal acetylenes is 1. The highest BCUT2D eigenvalue weighted by Crippen LogP contribution is 2.26. The van der Waals surface area contributed by atoms with Crippen molar-refractivity contribution in [1.82, 2.24) is 9.97 Å². The number of benzene rings is 2. The second-order valence-electron chi connectivity index (χ2n) is 4.65. The van der Waals surface area contributed by atoms with Gasteiger partial charge in [0, 0.05) is 21.2 Å². The van der Waals surface area contributed by atoms with Crippen molar-refractivity contribution in [3.8, 4) is 12.3 Å². The van der Waals surface area contributed by atoms with Crippen molar-refractivity contribution >= 4 is 44.0 Å². The van der Waals surface area contributed by atoms with Crippen LogP contribution in [0.15, 0.2) is 53.3 Å². The van der Waals surface area contributed by atoms with Crippen LogP contribution in [0.4, 0.5) is 17.2 Å². The zero-order chi connectivity index (χ0) is 15.4. The molecule has 0 fully saturated rings. The Labute approximate surface area is 137 Å². The van der Waals surface area contributed by atoms with Crippen molar-refractivity contribution in [2.45, 2.75) is 0 Å². The van der Waals surface area contributed by atoms with Crippen molar-refractivity contribution in [2.24, 2.45) is 0 Å². The normalized spacial score (nSPS) is 10.2. The van der Waals surface area contributed by atoms with Crippen LogP contribution in [0.25, 0.3) is 10.9 Å². The number of anilines is 3. The lowest BCUT2D eigenvalue weighted by Gasteiger charge is -2.10. The van der Waals surface area contributed by atoms with Crippen LogP contribution in [0, 0.1) is 12.3 Å². The average Bonchev–Trinajstić information content (AvgIpc) is 2.53. The van der Waals surface area contributed by atoms with Gasteiger partial charge in [-0.3, -0.25) is 0 Å². The molecule has 0 unspecified atom stereocenters. The number of fused-ring (bicyclic) bond motifs is 1. The van der Waals surface area contributed by atoms with E-state index in [0.29, 0.717) is 6.54 Å². The van der Waals surface area contributed by atoms with Crippen LogP contribution < -0.4 is 10.6 Å². The largest absolute Gasteiger partial charge is 0.374 e. The highest BCUT2D eigenvalue weighted by atomic mass is 79.9. The van der Waals surface area contributed by atoms with E-state index in [1.165, 1.54) is 0 Å². The van der Waals surface area contributed by atoms with Crippen LogP contribution in [-0.2, 0) is 0 Å². The van der Waals surface area contributed by atoms with Crippen LogP contribution >= 0.6 is 15.9 Å². The Kier molecular flexibility index (Phi) is 4.22. The lowest BCUT2D eigenvalue weighted by Crippen LogP contribution is -2.00. The van der Waals surface area contributed by atoms with E-state index in [1.54, 1.807) is 6.33 Å². The van der Waals surface area contributed by atoms with Gasteiger partial charge in [-0.15, -0.1) is 6.42 Å². The van der Waals surface area contributed by atoms with Crippen LogP contribution in [0.3, 0.4) is 0 Å². The topological polar surface area (TPSA) is 49.8 Å². The number of hydrogen-bond acceptors (Lipinski definition) is 4. The smallest absolute Gasteiger partial charge is 0.141 e. The molecule has 0 saturated carbocycles. The lowest BCUT2D eigenvalue weighted by molar-refractivity contribution is 1.22. The molecule has 3 aromatic rings. The Morgan fingerprint density at radius 2 is 2.00 bits per heavy atom. The van der Waals surface area contributed by atoms with Crippen molar-refractivity contribution < 1.29 is 0 Å². The van der Waals surface area contributed by atoms with Gasteiger partial charge in [-0.2, -0.15) is 0 Å². The van der Waals surface area contributed by atoms with E-state index in [2.05, 4.69) is 42.5 Å². The summed E-state index contributed by atoms with van der Waals surface area (Å²) in [7, 11) is 0. The molecule has 0 aliphatic heterocycles. The van der Waals surface area contributed by atoms with Gasteiger partial charge in [-0.25, -0.2) is 9.97 Å². The first kappa shape index (κ1) is 14.4. The maximum absolute atomic E-state index is 5.28. The van der Waals surface area contributed by atoms with E-state index in [-0.39, 0.29) is 0 Å². The summed E-state index contributed by atoms with van der Waals surface area (Å²) in [5, 5.41) is 7.42. The summed E-state index contributed by atoms with van der Waals surface area (Å²) < 4.78 is 1.01. The van der Waals surface area contributed by atoms with Crippen LogP contribution in [0.1, 0.15) is 0 Å². The predicted octanol–water partition coefficient (Wildman–Crippen LogP) is 4.18. The molecule has 0 spiro atoms. The van der Waals surface area contributed by atoms with E-state index >= 15 is 0 Å². The summed E-state index contributed by atoms with van der Waals surface area (Å²) >= 11 is 3.46. The Hall–Kier alpha value is -2.58. The molecule has 22 heavy (non-hydrogen) atoms. The molecule has 1 heterocycles. The highest BCUT2D eigenvalue weighted by molar-refractivity contribution is 9.10. The third kappa shape index (κ3) is 3.18. The molecular formula is C17H13BrN4. The molecule has 3 rings (SSSR count). The summed E-state index contributed by atoms with van der Waals surface area (Å²) in [6.45, 7) is 0.480. The molecule has 5 heteroatoms. The van der Waals surface area contributed by atoms with Crippen molar-refractivity contribution in [3.63, 3.8) is 0 Å². The molecule has 0 bridgehead atoms. The van der Waals surface area contributed by atoms with Crippen molar-refractivity contribution in [1.29, 1.82) is 0 Å². The molecule has 0 radical (unpaired) electrons. The molecule has 1 aromatic heterocycles. The lowest BCUT2D eigenvalue weighted by atomic mass is 10.2. The quantitative estimate of drug-likeness (QED) is 0.691. The minimum Gasteiger partial charge on any atom is -0.374 e. The number of nitrogens with zero attached hydrogens (tertiary/aromatic N) is 2. The van der Waals surface area contributed by atoms with Gasteiger partial charge in [0.1, 0.15) is 12.1 Å². The predicted molar refractivity (Wildman–Crippen MR) is 94.3 cm³/mol. The van der Waals surface area contributed by atoms with E-state index < -0.39 is 0 Å². The third-order valence-electron chi connectivity index (χ3n) is 3.12. The molecule has 0 aliphatic carbocycles. The maximum Gasteiger partial charge on any atom is 0.141 e. The molecule has 2 N–H and O–H groups in total. The second-order valence-corrected chi connectivity index (χ2v) is 5.56. The van der Waals surface area contributed by atoms with Gasteiger partial charge in [-0.1, -0.05) is 27.9 Å². The molecule has 0 aliphatic rings. The summed E-state index contributed by atoms with van der Waals surface area (Å²) in [5.41, 5.74) is 2.77. The number of rotatable bonds is 4. The number of nitrogens with one attached hydrogen (secondary N) is 2. The SMILES string of the molecule is C#CCNc1ccc2ncnc(Nc3cccc(Br)c3)c2c1. The second kappa shape index (κ2) is 6.46. The summed E-state index contributed by atoms with van der Waals surface area (Å²) in [5.74, 6) is 3.32. The van der Waals surface area contributed by atoms with Crippen LogP contribution in [0.5, 0.6) is 0 Å². The molecule has 4 nitrogen and oxygen atoms in total. The van der Waals surface area contributed by atoms with E-state index in [0.717, 1.165) is 32.6 Å². The third-order valence-corrected chi connectivity index (χ3v) is 3.61. The van der Waals surface area contributed by atoms with Crippen molar-refractivity contribution in [3.05, 3.63) is 53.3 Å². The van der Waals surface area contributed by atoms with Gasteiger partial charge in [0.2, 0.25) is 0 Å². The van der Waals surface area contributed by atoms with Gasteiger partial charge >= 0.3 is 0 Å². The Bertz CT molecular complexity index is 855. The standard InChI is InChI=1S/C17H13BrN4/c1-2-8-19-13-6-7-16-15(10-13)17(21-11-20-16)22-14-5-3-4-12(18)9-14/h1,3-7,9-11,19H,8H2,(H,20,21,22). The van der Waals surface area contributed by atoms with E-state index in [1.807, 2.05) is 42.5 Å². The fourth-order valence-corrected chi connectivity index (χ4v) is 2.52. The van der Waals surface area contributed by atoms with Gasteiger partial charge in [0.25, 0.3) is 0 Å². The molecule has 108 valence electrons. The zero-order valence-electron chi connectivity index (χ0n) is 11.7. The zero-order valence-corrected chi connectivity index (χ0v) is 13.3. The first-order valence-electron chi connectivity index (χ1n) is 6.71. The minimum absolute atomic E-state index is 0.480. The van der Waals surface area contributed by atoms with E-state index in [4.69, 9.17) is 6.42 Å². The van der Waals surface area contributed by atoms with E-state index in [9.17, 15) is 0 Å². The van der Waals surface area contributed by atoms with Gasteiger partial charge in [0.15, 0.2) is 0 Å². The molecule has 0 atom stereocenters. The summed E-state index contributed by atoms with van der Waals surface area (Å²) in [6.07, 6.45) is 6.83. The molecule has 0 saturated heterocycles. The van der Waals surface area contributed by atoms with Crippen LogP contribution in [-0.4, -0.2) is 16.5 Å². The Balaban J connectivity index is 1.99. The fourth-order valence-electron chi connectivity index (χ4n) is 2.12. The van der Waals surface area contributed by atoms with Crippen LogP contribution in [0.2, 0.25) is 0 Å². The highest BCUT2D eigenvalue weighted by Gasteiger charge is 2.05. The van der Waals surface area contributed by atoms with Gasteiger partial charge < -0.3 is 10.6 Å². The average molecular weight is 353 g/mol. The first-order valence-corrected chi connectivity index (χ1v) is 7.50. The number of hydrogen-bond donors (Lipinski definition) is 2. The number of aromatic nitrogens is 2. The maximum atomic E-state index is 5.28. The molecular weight excluding hydrogens is 340 g/mol. The summed E-state index contributed by atoms with van der Waals surface area (Å²) in [6, 6.07) is 13.8. The monoisotopic (exact) mass is 352 g/mol. The molecule has 2 aromatic carbocycles. The van der Waals surface area contributed by atoms with Crippen molar-refractivity contribution in [2.75, 3.05) is 17.2 Å². The Morgan fingerprint density at radius 3 is 2.82 bits per heavy atom. The number of halogens is 1. The van der Waals surface area contributed by atoms with Gasteiger partial charge in [0.05, 0.1) is 12.1 Å². The first-order chi connectivity index (χ1) is 10.8. The fraction of sp³-hybridized carbons (Fsp3) is 0.0588.